The van der Waals surface area contributed by atoms with Crippen LogP contribution >= 0.6 is 11.5 Å². The van der Waals surface area contributed by atoms with Crippen LogP contribution in [0.5, 0.6) is 5.19 Å². The van der Waals surface area contributed by atoms with Gasteiger partial charge in [0.15, 0.2) is 11.6 Å². The van der Waals surface area contributed by atoms with Gasteiger partial charge in [-0.3, -0.25) is 0 Å². The van der Waals surface area contributed by atoms with Crippen LogP contribution in [0.3, 0.4) is 0 Å². The lowest BCUT2D eigenvalue weighted by atomic mass is 10.1. The van der Waals surface area contributed by atoms with Gasteiger partial charge in [0.2, 0.25) is 0 Å². The van der Waals surface area contributed by atoms with Gasteiger partial charge in [-0.05, 0) is 12.5 Å². The Hall–Kier alpha value is -2.52. The number of hydrogen-bond donors (Lipinski definition) is 1. The van der Waals surface area contributed by atoms with Crippen LogP contribution in [0, 0.1) is 0 Å². The number of aliphatic hydroxyl groups is 1. The summed E-state index contributed by atoms with van der Waals surface area (Å²) < 4.78 is 15.8. The van der Waals surface area contributed by atoms with Gasteiger partial charge in [0.25, 0.3) is 5.19 Å². The van der Waals surface area contributed by atoms with E-state index in [0.717, 1.165) is 42.9 Å². The normalized spacial score (nSPS) is 16.4. The smallest absolute Gasteiger partial charge is 0.324 e. The predicted molar refractivity (Wildman–Crippen MR) is 110 cm³/mol. The van der Waals surface area contributed by atoms with Gasteiger partial charge < -0.3 is 19.3 Å². The van der Waals surface area contributed by atoms with Gasteiger partial charge in [-0.1, -0.05) is 43.3 Å². The van der Waals surface area contributed by atoms with Gasteiger partial charge in [-0.2, -0.15) is 14.3 Å². The molecular formula is C20H25N5O3S. The third-order valence-electron chi connectivity index (χ3n) is 4.99. The van der Waals surface area contributed by atoms with Crippen LogP contribution in [0.2, 0.25) is 0 Å². The number of benzene rings is 1. The van der Waals surface area contributed by atoms with E-state index in [1.807, 2.05) is 38.1 Å². The van der Waals surface area contributed by atoms with Crippen LogP contribution in [0.4, 0.5) is 6.01 Å². The maximum Gasteiger partial charge on any atom is 0.324 e. The summed E-state index contributed by atoms with van der Waals surface area (Å²) in [4.78, 5) is 11.1. The van der Waals surface area contributed by atoms with Crippen molar-refractivity contribution in [2.45, 2.75) is 51.7 Å². The quantitative estimate of drug-likeness (QED) is 0.649. The van der Waals surface area contributed by atoms with Crippen LogP contribution in [-0.2, 0) is 0 Å². The van der Waals surface area contributed by atoms with E-state index in [1.54, 1.807) is 6.92 Å². The molecule has 2 aromatic heterocycles. The molecule has 1 aliphatic rings. The van der Waals surface area contributed by atoms with E-state index in [4.69, 9.17) is 9.26 Å². The predicted octanol–water partition coefficient (Wildman–Crippen LogP) is 3.81. The first-order chi connectivity index (χ1) is 14.0. The maximum absolute atomic E-state index is 9.62. The molecule has 0 bridgehead atoms. The molecule has 1 N–H and O–H groups in total. The molecule has 1 aromatic carbocycles. The molecule has 1 unspecified atom stereocenters. The van der Waals surface area contributed by atoms with E-state index in [1.165, 1.54) is 11.5 Å². The zero-order valence-corrected chi connectivity index (χ0v) is 17.6. The van der Waals surface area contributed by atoms with Gasteiger partial charge in [-0.15, -0.1) is 0 Å². The average molecular weight is 416 g/mol. The number of hydrogen-bond acceptors (Lipinski definition) is 9. The Labute approximate surface area is 173 Å². The van der Waals surface area contributed by atoms with Crippen LogP contribution in [0.15, 0.2) is 28.8 Å². The largest absolute Gasteiger partial charge is 0.466 e. The zero-order valence-electron chi connectivity index (χ0n) is 16.8. The fourth-order valence-electron chi connectivity index (χ4n) is 3.18. The van der Waals surface area contributed by atoms with E-state index in [9.17, 15) is 5.11 Å². The Morgan fingerprint density at radius 1 is 1.14 bits per heavy atom. The lowest BCUT2D eigenvalue weighted by Gasteiger charge is -2.29. The first-order valence-corrected chi connectivity index (χ1v) is 10.6. The molecule has 0 radical (unpaired) electrons. The second-order valence-electron chi connectivity index (χ2n) is 7.58. The summed E-state index contributed by atoms with van der Waals surface area (Å²) in [5.41, 5.74) is 1.78. The van der Waals surface area contributed by atoms with Crippen molar-refractivity contribution in [1.82, 2.24) is 19.5 Å². The van der Waals surface area contributed by atoms with Gasteiger partial charge in [0.05, 0.1) is 6.10 Å². The monoisotopic (exact) mass is 415 g/mol. The van der Waals surface area contributed by atoms with E-state index in [0.29, 0.717) is 17.0 Å². The summed E-state index contributed by atoms with van der Waals surface area (Å²) >= 11 is 1.27. The number of rotatable bonds is 6. The van der Waals surface area contributed by atoms with Gasteiger partial charge in [0.1, 0.15) is 6.10 Å². The van der Waals surface area contributed by atoms with Crippen molar-refractivity contribution in [3.05, 3.63) is 35.7 Å². The summed E-state index contributed by atoms with van der Waals surface area (Å²) in [6, 6.07) is 8.20. The standard InChI is InChI=1S/C20H25N5O3S/c1-12(2)17-21-19(28-23-17)25-10-8-16(9-11-25)27-20-22-18(24-29-20)15-6-4-14(5-7-15)13(3)26/h4-7,12-13,16,26H,8-11H2,1-3H3. The highest BCUT2D eigenvalue weighted by Gasteiger charge is 2.25. The van der Waals surface area contributed by atoms with Crippen molar-refractivity contribution >= 4 is 17.5 Å². The van der Waals surface area contributed by atoms with Crippen LogP contribution in [0.25, 0.3) is 11.4 Å². The molecule has 4 rings (SSSR count). The number of anilines is 1. The first kappa shape index (κ1) is 19.8. The Kier molecular flexibility index (Phi) is 5.77. The Balaban J connectivity index is 1.33. The summed E-state index contributed by atoms with van der Waals surface area (Å²) in [6.45, 7) is 7.45. The second kappa shape index (κ2) is 8.46. The second-order valence-corrected chi connectivity index (χ2v) is 8.29. The molecule has 0 amide bonds. The Bertz CT molecular complexity index is 930. The highest BCUT2D eigenvalue weighted by atomic mass is 32.1. The molecule has 9 heteroatoms. The third-order valence-corrected chi connectivity index (χ3v) is 5.59. The molecule has 1 fully saturated rings. The van der Waals surface area contributed by atoms with Crippen molar-refractivity contribution in [3.63, 3.8) is 0 Å². The fourth-order valence-corrected chi connectivity index (χ4v) is 3.80. The molecule has 0 saturated carbocycles. The highest BCUT2D eigenvalue weighted by molar-refractivity contribution is 7.07. The lowest BCUT2D eigenvalue weighted by Crippen LogP contribution is -2.38. The van der Waals surface area contributed by atoms with Crippen LogP contribution in [-0.4, -0.2) is 43.8 Å². The van der Waals surface area contributed by atoms with Gasteiger partial charge in [-0.25, -0.2) is 0 Å². The highest BCUT2D eigenvalue weighted by Crippen LogP contribution is 2.27. The van der Waals surface area contributed by atoms with Crippen molar-refractivity contribution in [2.24, 2.45) is 0 Å². The molecular weight excluding hydrogens is 390 g/mol. The van der Waals surface area contributed by atoms with Crippen molar-refractivity contribution in [2.75, 3.05) is 18.0 Å². The number of aromatic nitrogens is 4. The van der Waals surface area contributed by atoms with Crippen LogP contribution in [0.1, 0.15) is 57.0 Å². The minimum atomic E-state index is -0.485. The zero-order chi connectivity index (χ0) is 20.4. The SMILES string of the molecule is CC(C)c1noc(N2CCC(Oc3nc(-c4ccc(C(C)O)cc4)ns3)CC2)n1. The topological polar surface area (TPSA) is 97.4 Å². The fraction of sp³-hybridized carbons (Fsp3) is 0.500. The van der Waals surface area contributed by atoms with Crippen LogP contribution < -0.4 is 9.64 Å². The minimum absolute atomic E-state index is 0.0946. The molecule has 0 aliphatic carbocycles. The van der Waals surface area contributed by atoms with E-state index in [2.05, 4.69) is 24.4 Å². The summed E-state index contributed by atoms with van der Waals surface area (Å²) in [7, 11) is 0. The van der Waals surface area contributed by atoms with E-state index in [-0.39, 0.29) is 12.0 Å². The third kappa shape index (κ3) is 4.56. The average Bonchev–Trinajstić information content (AvgIpc) is 3.39. The number of piperidine rings is 1. The van der Waals surface area contributed by atoms with E-state index < -0.39 is 6.10 Å². The van der Waals surface area contributed by atoms with Gasteiger partial charge >= 0.3 is 6.01 Å². The van der Waals surface area contributed by atoms with Crippen molar-refractivity contribution in [3.8, 4) is 16.6 Å². The van der Waals surface area contributed by atoms with Gasteiger partial charge in [0, 0.05) is 48.9 Å². The minimum Gasteiger partial charge on any atom is -0.466 e. The Morgan fingerprint density at radius 3 is 2.48 bits per heavy atom. The van der Waals surface area contributed by atoms with Crippen molar-refractivity contribution in [1.29, 1.82) is 0 Å². The molecule has 3 heterocycles. The molecule has 154 valence electrons. The molecule has 1 saturated heterocycles. The molecule has 0 spiro atoms. The molecule has 29 heavy (non-hydrogen) atoms. The van der Waals surface area contributed by atoms with E-state index >= 15 is 0 Å². The molecule has 1 atom stereocenters. The molecule has 3 aromatic rings. The maximum atomic E-state index is 9.62. The summed E-state index contributed by atoms with van der Waals surface area (Å²) in [6.07, 6.45) is 1.33. The number of ether oxygens (including phenoxy) is 1. The lowest BCUT2D eigenvalue weighted by molar-refractivity contribution is 0.168. The summed E-state index contributed by atoms with van der Waals surface area (Å²) in [5, 5.41) is 14.2. The Morgan fingerprint density at radius 2 is 1.86 bits per heavy atom. The first-order valence-electron chi connectivity index (χ1n) is 9.87. The summed E-state index contributed by atoms with van der Waals surface area (Å²) in [5.74, 6) is 1.64. The molecule has 8 nitrogen and oxygen atoms in total. The van der Waals surface area contributed by atoms with Crippen molar-refractivity contribution < 1.29 is 14.4 Å². The number of aliphatic hydroxyl groups excluding tert-OH is 1. The molecule has 1 aliphatic heterocycles. The number of nitrogens with zero attached hydrogens (tertiary/aromatic N) is 5.